The Bertz CT molecular complexity index is 1040. The first-order valence-electron chi connectivity index (χ1n) is 9.99. The first-order chi connectivity index (χ1) is 14.4. The Hall–Kier alpha value is -3.32. The lowest BCUT2D eigenvalue weighted by atomic mass is 9.96. The van der Waals surface area contributed by atoms with Crippen LogP contribution >= 0.6 is 0 Å². The van der Waals surface area contributed by atoms with Crippen molar-refractivity contribution < 1.29 is 24.6 Å². The van der Waals surface area contributed by atoms with Crippen molar-refractivity contribution >= 4 is 5.97 Å². The standard InChI is InChI=1S/C23H26N2O5/c1-4-15-11-17(19(27)12-18(15)26)22-20(21(23(28)29)24-30-22)16-9-7-14(8-10-16)13-25(5-2)6-3/h7-12,26-27H,4-6,13H2,1-3H3,(H,28,29). The number of aromatic carboxylic acids is 1. The van der Waals surface area contributed by atoms with Gasteiger partial charge in [-0.3, -0.25) is 4.90 Å². The van der Waals surface area contributed by atoms with Crippen molar-refractivity contribution in [2.45, 2.75) is 33.7 Å². The summed E-state index contributed by atoms with van der Waals surface area (Å²) in [6, 6.07) is 10.4. The summed E-state index contributed by atoms with van der Waals surface area (Å²) in [5.41, 5.74) is 2.69. The molecule has 0 unspecified atom stereocenters. The van der Waals surface area contributed by atoms with Crippen LogP contribution in [-0.4, -0.2) is 44.4 Å². The van der Waals surface area contributed by atoms with Crippen molar-refractivity contribution in [3.63, 3.8) is 0 Å². The SMILES string of the molecule is CCc1cc(-c2onc(C(=O)O)c2-c2ccc(CN(CC)CC)cc2)c(O)cc1O. The van der Waals surface area contributed by atoms with Gasteiger partial charge in [-0.05, 0) is 42.3 Å². The predicted octanol–water partition coefficient (Wildman–Crippen LogP) is 4.52. The molecule has 0 aliphatic carbocycles. The number of aryl methyl sites for hydroxylation is 1. The lowest BCUT2D eigenvalue weighted by Crippen LogP contribution is -2.21. The number of rotatable bonds is 8. The highest BCUT2D eigenvalue weighted by Gasteiger charge is 2.26. The molecule has 3 aromatic rings. The topological polar surface area (TPSA) is 107 Å². The first-order valence-corrected chi connectivity index (χ1v) is 9.99. The zero-order chi connectivity index (χ0) is 21.8. The van der Waals surface area contributed by atoms with Crippen molar-refractivity contribution in [2.24, 2.45) is 0 Å². The summed E-state index contributed by atoms with van der Waals surface area (Å²) in [5.74, 6) is -1.31. The molecule has 2 aromatic carbocycles. The molecule has 7 nitrogen and oxygen atoms in total. The van der Waals surface area contributed by atoms with E-state index in [2.05, 4.69) is 23.9 Å². The second-order valence-electron chi connectivity index (χ2n) is 7.05. The van der Waals surface area contributed by atoms with Crippen molar-refractivity contribution in [2.75, 3.05) is 13.1 Å². The Morgan fingerprint density at radius 1 is 1.03 bits per heavy atom. The van der Waals surface area contributed by atoms with Crippen LogP contribution in [-0.2, 0) is 13.0 Å². The number of aromatic nitrogens is 1. The molecule has 1 aromatic heterocycles. The average Bonchev–Trinajstić information content (AvgIpc) is 3.17. The van der Waals surface area contributed by atoms with E-state index in [0.29, 0.717) is 23.1 Å². The van der Waals surface area contributed by atoms with Gasteiger partial charge in [-0.1, -0.05) is 50.2 Å². The van der Waals surface area contributed by atoms with Gasteiger partial charge in [0.1, 0.15) is 11.5 Å². The number of carboxylic acid groups (broad SMARTS) is 1. The summed E-state index contributed by atoms with van der Waals surface area (Å²) in [6.45, 7) is 8.76. The van der Waals surface area contributed by atoms with E-state index >= 15 is 0 Å². The van der Waals surface area contributed by atoms with E-state index in [-0.39, 0.29) is 28.5 Å². The Labute approximate surface area is 175 Å². The van der Waals surface area contributed by atoms with Gasteiger partial charge in [0.2, 0.25) is 0 Å². The molecule has 30 heavy (non-hydrogen) atoms. The fourth-order valence-electron chi connectivity index (χ4n) is 3.46. The molecule has 0 bridgehead atoms. The van der Waals surface area contributed by atoms with E-state index in [4.69, 9.17) is 4.52 Å². The van der Waals surface area contributed by atoms with Crippen molar-refractivity contribution in [1.82, 2.24) is 10.1 Å². The summed E-state index contributed by atoms with van der Waals surface area (Å²) in [5, 5.41) is 33.7. The van der Waals surface area contributed by atoms with Crippen LogP contribution in [0.4, 0.5) is 0 Å². The zero-order valence-electron chi connectivity index (χ0n) is 17.3. The van der Waals surface area contributed by atoms with Gasteiger partial charge in [-0.15, -0.1) is 0 Å². The molecular formula is C23H26N2O5. The Morgan fingerprint density at radius 3 is 2.27 bits per heavy atom. The number of carboxylic acids is 1. The highest BCUT2D eigenvalue weighted by atomic mass is 16.5. The maximum atomic E-state index is 11.8. The van der Waals surface area contributed by atoms with E-state index < -0.39 is 5.97 Å². The summed E-state index contributed by atoms with van der Waals surface area (Å²) in [6.07, 6.45) is 0.536. The number of hydrogen-bond acceptors (Lipinski definition) is 6. The first kappa shape index (κ1) is 21.4. The molecule has 7 heteroatoms. The molecule has 158 valence electrons. The lowest BCUT2D eigenvalue weighted by Gasteiger charge is -2.18. The van der Waals surface area contributed by atoms with Crippen LogP contribution in [0, 0.1) is 0 Å². The summed E-state index contributed by atoms with van der Waals surface area (Å²) in [4.78, 5) is 14.0. The Kier molecular flexibility index (Phi) is 6.42. The molecule has 0 radical (unpaired) electrons. The van der Waals surface area contributed by atoms with Crippen LogP contribution in [0.5, 0.6) is 11.5 Å². The Balaban J connectivity index is 2.10. The quantitative estimate of drug-likeness (QED) is 0.501. The molecule has 0 amide bonds. The number of phenols is 2. The van der Waals surface area contributed by atoms with Crippen molar-refractivity contribution in [3.05, 3.63) is 53.2 Å². The molecule has 3 rings (SSSR count). The molecule has 0 saturated carbocycles. The third kappa shape index (κ3) is 4.16. The summed E-state index contributed by atoms with van der Waals surface area (Å²) in [7, 11) is 0. The molecule has 1 heterocycles. The van der Waals surface area contributed by atoms with Gasteiger partial charge in [0.15, 0.2) is 11.5 Å². The molecule has 0 spiro atoms. The number of carbonyl (C=O) groups is 1. The van der Waals surface area contributed by atoms with Gasteiger partial charge in [-0.2, -0.15) is 0 Å². The van der Waals surface area contributed by atoms with E-state index in [0.717, 1.165) is 25.2 Å². The molecule has 0 aliphatic rings. The zero-order valence-corrected chi connectivity index (χ0v) is 17.3. The highest BCUT2D eigenvalue weighted by molar-refractivity contribution is 5.98. The number of aromatic hydroxyl groups is 2. The van der Waals surface area contributed by atoms with Crippen molar-refractivity contribution in [1.29, 1.82) is 0 Å². The van der Waals surface area contributed by atoms with Gasteiger partial charge in [0.25, 0.3) is 0 Å². The smallest absolute Gasteiger partial charge is 0.358 e. The van der Waals surface area contributed by atoms with Crippen LogP contribution in [0.1, 0.15) is 42.4 Å². The van der Waals surface area contributed by atoms with Crippen LogP contribution in [0.2, 0.25) is 0 Å². The fourth-order valence-corrected chi connectivity index (χ4v) is 3.46. The Morgan fingerprint density at radius 2 is 1.70 bits per heavy atom. The second-order valence-corrected chi connectivity index (χ2v) is 7.05. The van der Waals surface area contributed by atoms with Crippen molar-refractivity contribution in [3.8, 4) is 33.9 Å². The predicted molar refractivity (Wildman–Crippen MR) is 114 cm³/mol. The van der Waals surface area contributed by atoms with Gasteiger partial charge in [0.05, 0.1) is 11.1 Å². The number of benzene rings is 2. The third-order valence-corrected chi connectivity index (χ3v) is 5.26. The van der Waals surface area contributed by atoms with Gasteiger partial charge >= 0.3 is 5.97 Å². The fraction of sp³-hybridized carbons (Fsp3) is 0.304. The molecule has 0 aliphatic heterocycles. The second kappa shape index (κ2) is 9.00. The molecule has 3 N–H and O–H groups in total. The number of nitrogens with zero attached hydrogens (tertiary/aromatic N) is 2. The molecule has 0 fully saturated rings. The summed E-state index contributed by atoms with van der Waals surface area (Å²) < 4.78 is 5.37. The van der Waals surface area contributed by atoms with Gasteiger partial charge < -0.3 is 19.8 Å². The maximum Gasteiger partial charge on any atom is 0.358 e. The number of hydrogen-bond donors (Lipinski definition) is 3. The van der Waals surface area contributed by atoms with Crippen LogP contribution in [0.3, 0.4) is 0 Å². The normalized spacial score (nSPS) is 11.2. The lowest BCUT2D eigenvalue weighted by molar-refractivity contribution is 0.0686. The van der Waals surface area contributed by atoms with E-state index in [9.17, 15) is 20.1 Å². The third-order valence-electron chi connectivity index (χ3n) is 5.26. The summed E-state index contributed by atoms with van der Waals surface area (Å²) >= 11 is 0. The van der Waals surface area contributed by atoms with Gasteiger partial charge in [0, 0.05) is 12.6 Å². The minimum absolute atomic E-state index is 0.0287. The van der Waals surface area contributed by atoms with Crippen LogP contribution in [0.15, 0.2) is 40.9 Å². The minimum atomic E-state index is -1.22. The largest absolute Gasteiger partial charge is 0.508 e. The van der Waals surface area contributed by atoms with E-state index in [1.807, 2.05) is 31.2 Å². The highest BCUT2D eigenvalue weighted by Crippen LogP contribution is 2.41. The molecular weight excluding hydrogens is 384 g/mol. The van der Waals surface area contributed by atoms with Crippen LogP contribution < -0.4 is 0 Å². The molecule has 0 atom stereocenters. The monoisotopic (exact) mass is 410 g/mol. The van der Waals surface area contributed by atoms with Gasteiger partial charge in [-0.25, -0.2) is 4.79 Å². The molecule has 0 saturated heterocycles. The number of phenolic OH excluding ortho intramolecular Hbond substituents is 2. The maximum absolute atomic E-state index is 11.8. The average molecular weight is 410 g/mol. The van der Waals surface area contributed by atoms with Crippen LogP contribution in [0.25, 0.3) is 22.5 Å². The minimum Gasteiger partial charge on any atom is -0.508 e. The van der Waals surface area contributed by atoms with E-state index in [1.165, 1.54) is 6.07 Å². The van der Waals surface area contributed by atoms with E-state index in [1.54, 1.807) is 6.07 Å².